The van der Waals surface area contributed by atoms with Crippen LogP contribution in [-0.2, 0) is 19.3 Å². The van der Waals surface area contributed by atoms with Crippen molar-refractivity contribution in [1.82, 2.24) is 0 Å². The summed E-state index contributed by atoms with van der Waals surface area (Å²) in [5, 5.41) is 12.3. The maximum atomic E-state index is 14.0. The van der Waals surface area contributed by atoms with Gasteiger partial charge in [-0.3, -0.25) is 0 Å². The van der Waals surface area contributed by atoms with E-state index in [9.17, 15) is 13.5 Å². The highest BCUT2D eigenvalue weighted by Crippen LogP contribution is 2.50. The van der Waals surface area contributed by atoms with Gasteiger partial charge in [0, 0.05) is 35.5 Å². The van der Waals surface area contributed by atoms with Gasteiger partial charge in [-0.05, 0) is 54.3 Å². The van der Waals surface area contributed by atoms with Crippen LogP contribution in [0.2, 0.25) is 0 Å². The van der Waals surface area contributed by atoms with E-state index in [1.54, 1.807) is 6.07 Å². The van der Waals surface area contributed by atoms with Crippen LogP contribution in [0.5, 0.6) is 5.75 Å². The Hall–Kier alpha value is -1.40. The lowest BCUT2D eigenvalue weighted by Crippen LogP contribution is -2.43. The summed E-state index contributed by atoms with van der Waals surface area (Å²) in [7, 11) is 0.264. The Kier molecular flexibility index (Phi) is 15.6. The third kappa shape index (κ3) is 9.55. The smallest absolute Gasteiger partial charge is 0.179 e. The zero-order valence-corrected chi connectivity index (χ0v) is 28.1. The molecule has 2 atom stereocenters. The molecule has 1 aliphatic rings. The van der Waals surface area contributed by atoms with Gasteiger partial charge in [-0.25, -0.2) is 8.42 Å². The first-order chi connectivity index (χ1) is 19.7. The molecule has 0 saturated carbocycles. The van der Waals surface area contributed by atoms with Gasteiger partial charge < -0.3 is 24.2 Å². The van der Waals surface area contributed by atoms with Crippen molar-refractivity contribution in [2.45, 2.75) is 76.7 Å². The summed E-state index contributed by atoms with van der Waals surface area (Å²) in [6.07, 6.45) is 4.17. The summed E-state index contributed by atoms with van der Waals surface area (Å²) < 4.78 is 45.8. The SMILES string of the molecule is C.CCCCC1(CCCC)CS(=O)(=O)c2ccc(N(C)C)cc2[C@@H](c2ccc(OCCOCCOCCI)cc2)[C@H]1O. The molecular formula is C33H52INO6S. The number of aliphatic hydroxyl groups excluding tert-OH is 1. The molecule has 0 aromatic heterocycles. The molecule has 2 aromatic carbocycles. The molecule has 1 heterocycles. The van der Waals surface area contributed by atoms with Crippen molar-refractivity contribution in [3.63, 3.8) is 0 Å². The highest BCUT2D eigenvalue weighted by molar-refractivity contribution is 14.1. The number of anilines is 1. The van der Waals surface area contributed by atoms with Crippen LogP contribution in [0.4, 0.5) is 5.69 Å². The van der Waals surface area contributed by atoms with Gasteiger partial charge in [0.2, 0.25) is 0 Å². The number of benzene rings is 2. The molecule has 0 amide bonds. The summed E-state index contributed by atoms with van der Waals surface area (Å²) in [5.74, 6) is 0.201. The van der Waals surface area contributed by atoms with Crippen molar-refractivity contribution < 1.29 is 27.7 Å². The van der Waals surface area contributed by atoms with Crippen LogP contribution < -0.4 is 9.64 Å². The largest absolute Gasteiger partial charge is 0.491 e. The molecule has 0 aliphatic carbocycles. The average molecular weight is 718 g/mol. The van der Waals surface area contributed by atoms with Crippen molar-refractivity contribution in [1.29, 1.82) is 0 Å². The molecule has 0 radical (unpaired) electrons. The van der Waals surface area contributed by atoms with E-state index >= 15 is 0 Å². The van der Waals surface area contributed by atoms with Gasteiger partial charge in [0.15, 0.2) is 9.84 Å². The van der Waals surface area contributed by atoms with Crippen molar-refractivity contribution in [3.8, 4) is 5.75 Å². The number of fused-ring (bicyclic) bond motifs is 1. The number of aliphatic hydroxyl groups is 1. The predicted octanol–water partition coefficient (Wildman–Crippen LogP) is 6.88. The van der Waals surface area contributed by atoms with E-state index in [-0.39, 0.29) is 13.2 Å². The van der Waals surface area contributed by atoms with Gasteiger partial charge in [-0.2, -0.15) is 0 Å². The lowest BCUT2D eigenvalue weighted by Gasteiger charge is -2.40. The van der Waals surface area contributed by atoms with Crippen LogP contribution in [0, 0.1) is 5.41 Å². The van der Waals surface area contributed by atoms with Crippen LogP contribution in [0.15, 0.2) is 47.4 Å². The Bertz CT molecular complexity index is 1160. The zero-order chi connectivity index (χ0) is 29.9. The van der Waals surface area contributed by atoms with Crippen molar-refractivity contribution in [2.24, 2.45) is 5.41 Å². The van der Waals surface area contributed by atoms with E-state index in [1.807, 2.05) is 55.4 Å². The van der Waals surface area contributed by atoms with Gasteiger partial charge in [0.25, 0.3) is 0 Å². The Labute approximate surface area is 268 Å². The zero-order valence-electron chi connectivity index (χ0n) is 25.1. The Morgan fingerprint density at radius 3 is 2.10 bits per heavy atom. The number of halogens is 1. The molecule has 0 spiro atoms. The van der Waals surface area contributed by atoms with E-state index in [0.29, 0.717) is 55.5 Å². The highest BCUT2D eigenvalue weighted by Gasteiger charge is 2.49. The topological polar surface area (TPSA) is 85.3 Å². The summed E-state index contributed by atoms with van der Waals surface area (Å²) in [6, 6.07) is 13.3. The first-order valence-corrected chi connectivity index (χ1v) is 18.0. The Morgan fingerprint density at radius 1 is 0.929 bits per heavy atom. The van der Waals surface area contributed by atoms with Crippen LogP contribution in [0.3, 0.4) is 0 Å². The lowest BCUT2D eigenvalue weighted by molar-refractivity contribution is 0.0127. The predicted molar refractivity (Wildman–Crippen MR) is 181 cm³/mol. The summed E-state index contributed by atoms with van der Waals surface area (Å²) in [5.41, 5.74) is 1.75. The van der Waals surface area contributed by atoms with E-state index < -0.39 is 27.3 Å². The molecule has 238 valence electrons. The minimum Gasteiger partial charge on any atom is -0.491 e. The minimum atomic E-state index is -3.62. The molecule has 0 fully saturated rings. The molecular weight excluding hydrogens is 665 g/mol. The molecule has 7 nitrogen and oxygen atoms in total. The van der Waals surface area contributed by atoms with E-state index in [4.69, 9.17) is 14.2 Å². The molecule has 1 aliphatic heterocycles. The molecule has 9 heteroatoms. The normalized spacial score (nSPS) is 18.9. The highest BCUT2D eigenvalue weighted by atomic mass is 127. The fourth-order valence-corrected chi connectivity index (χ4v) is 8.26. The first kappa shape index (κ1) is 36.8. The molecule has 2 aromatic rings. The molecule has 42 heavy (non-hydrogen) atoms. The van der Waals surface area contributed by atoms with Crippen molar-refractivity contribution >= 4 is 38.1 Å². The second-order valence-corrected chi connectivity index (χ2v) is 14.2. The van der Waals surface area contributed by atoms with Crippen LogP contribution in [0.25, 0.3) is 0 Å². The Morgan fingerprint density at radius 2 is 1.52 bits per heavy atom. The fraction of sp³-hybridized carbons (Fsp3) is 0.636. The number of nitrogens with zero attached hydrogens (tertiary/aromatic N) is 1. The van der Waals surface area contributed by atoms with Gasteiger partial charge in [-0.15, -0.1) is 0 Å². The second kappa shape index (κ2) is 17.8. The van der Waals surface area contributed by atoms with Gasteiger partial charge in [0.1, 0.15) is 12.4 Å². The van der Waals surface area contributed by atoms with Gasteiger partial charge >= 0.3 is 0 Å². The minimum absolute atomic E-state index is 0. The third-order valence-electron chi connectivity index (χ3n) is 7.99. The monoisotopic (exact) mass is 717 g/mol. The van der Waals surface area contributed by atoms with Gasteiger partial charge in [-0.1, -0.05) is 81.7 Å². The number of alkyl halides is 1. The number of sulfone groups is 1. The second-order valence-electron chi connectivity index (χ2n) is 11.2. The van der Waals surface area contributed by atoms with E-state index in [1.165, 1.54) is 0 Å². The number of rotatable bonds is 17. The number of hydrogen-bond acceptors (Lipinski definition) is 7. The quantitative estimate of drug-likeness (QED) is 0.109. The summed E-state index contributed by atoms with van der Waals surface area (Å²) >= 11 is 2.28. The standard InChI is InChI=1S/C32H48INO6S.CH4/c1-5-7-15-32(16-8-6-2)24-41(36,37)29-14-11-26(34(3)4)23-28(29)30(31(32)35)25-9-12-27(13-10-25)40-22-21-39-20-19-38-18-17-33;/h9-14,23,30-31,35H,5-8,15-22,24H2,1-4H3;1H4/t30-,31-;/m1./s1. The van der Waals surface area contributed by atoms with E-state index in [0.717, 1.165) is 48.0 Å². The molecule has 0 saturated heterocycles. The molecule has 0 bridgehead atoms. The maximum absolute atomic E-state index is 14.0. The average Bonchev–Trinajstić information content (AvgIpc) is 3.03. The third-order valence-corrected chi connectivity index (χ3v) is 10.4. The number of unbranched alkanes of at least 4 members (excludes halogenated alkanes) is 2. The summed E-state index contributed by atoms with van der Waals surface area (Å²) in [4.78, 5) is 2.30. The van der Waals surface area contributed by atoms with Crippen molar-refractivity contribution in [2.75, 3.05) is 62.2 Å². The van der Waals surface area contributed by atoms with Crippen molar-refractivity contribution in [3.05, 3.63) is 53.6 Å². The van der Waals surface area contributed by atoms with Crippen LogP contribution in [0.1, 0.15) is 76.8 Å². The summed E-state index contributed by atoms with van der Waals surface area (Å²) in [6.45, 7) is 6.96. The van der Waals surface area contributed by atoms with Gasteiger partial charge in [0.05, 0.1) is 43.2 Å². The van der Waals surface area contributed by atoms with Crippen LogP contribution >= 0.6 is 22.6 Å². The molecule has 3 rings (SSSR count). The number of ether oxygens (including phenoxy) is 3. The first-order valence-electron chi connectivity index (χ1n) is 14.9. The van der Waals surface area contributed by atoms with E-state index in [2.05, 4.69) is 36.4 Å². The molecule has 1 N–H and O–H groups in total. The van der Waals surface area contributed by atoms with Crippen LogP contribution in [-0.4, -0.2) is 76.9 Å². The lowest BCUT2D eigenvalue weighted by atomic mass is 9.68. The Balaban J connectivity index is 0.00000616. The maximum Gasteiger partial charge on any atom is 0.179 e. The number of hydrogen-bond donors (Lipinski definition) is 1. The molecule has 0 unspecified atom stereocenters. The fourth-order valence-electron chi connectivity index (χ4n) is 5.76.